The van der Waals surface area contributed by atoms with E-state index in [4.69, 9.17) is 14.8 Å². The second-order valence-electron chi connectivity index (χ2n) is 10.7. The smallest absolute Gasteiger partial charge is 0.234 e. The van der Waals surface area contributed by atoms with E-state index in [1.165, 1.54) is 12.8 Å². The Labute approximate surface area is 228 Å². The van der Waals surface area contributed by atoms with Crippen LogP contribution in [0.4, 0.5) is 17.3 Å². The lowest BCUT2D eigenvalue weighted by Gasteiger charge is -2.35. The number of hydrogen-bond donors (Lipinski definition) is 2. The molecule has 0 atom stereocenters. The van der Waals surface area contributed by atoms with Crippen LogP contribution in [0.15, 0.2) is 30.5 Å². The van der Waals surface area contributed by atoms with E-state index in [1.54, 1.807) is 10.7 Å². The Hall–Kier alpha value is -3.29. The van der Waals surface area contributed by atoms with Crippen molar-refractivity contribution in [2.75, 3.05) is 66.3 Å². The zero-order valence-electron chi connectivity index (χ0n) is 22.1. The van der Waals surface area contributed by atoms with E-state index in [2.05, 4.69) is 29.8 Å². The summed E-state index contributed by atoms with van der Waals surface area (Å²) < 4.78 is 34.4. The molecule has 1 spiro atoms. The van der Waals surface area contributed by atoms with Gasteiger partial charge in [-0.25, -0.2) is 23.1 Å². The van der Waals surface area contributed by atoms with Crippen LogP contribution in [0.1, 0.15) is 31.4 Å². The highest BCUT2D eigenvalue weighted by molar-refractivity contribution is 7.92. The van der Waals surface area contributed by atoms with Crippen molar-refractivity contribution in [3.05, 3.63) is 36.2 Å². The van der Waals surface area contributed by atoms with Crippen LogP contribution in [-0.2, 0) is 14.8 Å². The molecule has 2 N–H and O–H groups in total. The number of nitrogens with one attached hydrogen (secondary N) is 1. The van der Waals surface area contributed by atoms with Crippen LogP contribution in [0, 0.1) is 12.3 Å². The monoisotopic (exact) mass is 554 g/mol. The van der Waals surface area contributed by atoms with E-state index in [-0.39, 0.29) is 5.75 Å². The number of rotatable bonds is 8. The fraction of sp³-hybridized carbons (Fsp3) is 0.538. The molecule has 2 aromatic heterocycles. The van der Waals surface area contributed by atoms with Gasteiger partial charge in [-0.15, -0.1) is 5.10 Å². The second kappa shape index (κ2) is 10.4. The average Bonchev–Trinajstić information content (AvgIpc) is 3.49. The van der Waals surface area contributed by atoms with Crippen molar-refractivity contribution in [2.24, 2.45) is 5.41 Å². The van der Waals surface area contributed by atoms with Crippen LogP contribution in [0.25, 0.3) is 17.1 Å². The number of nitrogens with zero attached hydrogens (tertiary/aromatic N) is 7. The summed E-state index contributed by atoms with van der Waals surface area (Å²) in [5.74, 6) is 0.304. The number of aryl methyl sites for hydroxylation is 1. The van der Waals surface area contributed by atoms with Crippen LogP contribution in [0.2, 0.25) is 0 Å². The Morgan fingerprint density at radius 1 is 0.974 bits per heavy atom. The van der Waals surface area contributed by atoms with Crippen molar-refractivity contribution in [3.63, 3.8) is 0 Å². The number of benzene rings is 1. The standard InChI is InChI=1S/C26H34N8O4S/c1-19-16-21(28-25(27-19)33-10-13-38-14-11-33)22-18-34(31-29-22)23-3-2-20(30-39(36,37)15-12-35)17-24(23)32-8-6-26(4-5-26)7-9-32/h2-3,16-18,30,35H,4-15H2,1H3. The lowest BCUT2D eigenvalue weighted by Crippen LogP contribution is -2.37. The van der Waals surface area contributed by atoms with Gasteiger partial charge in [-0.05, 0) is 62.3 Å². The molecule has 6 rings (SSSR count). The quantitative estimate of drug-likeness (QED) is 0.425. The van der Waals surface area contributed by atoms with Crippen LogP contribution in [-0.4, -0.2) is 90.2 Å². The first-order valence-corrected chi connectivity index (χ1v) is 15.1. The Balaban J connectivity index is 1.32. The summed E-state index contributed by atoms with van der Waals surface area (Å²) in [4.78, 5) is 13.8. The molecule has 0 unspecified atom stereocenters. The maximum atomic E-state index is 12.3. The van der Waals surface area contributed by atoms with Gasteiger partial charge in [0, 0.05) is 31.9 Å². The molecule has 1 aliphatic carbocycles. The molecule has 0 amide bonds. The number of piperidine rings is 1. The number of anilines is 3. The van der Waals surface area contributed by atoms with Gasteiger partial charge in [0.1, 0.15) is 5.69 Å². The normalized spacial score (nSPS) is 18.9. The first-order chi connectivity index (χ1) is 18.8. The molecule has 3 fully saturated rings. The lowest BCUT2D eigenvalue weighted by molar-refractivity contribution is 0.122. The number of aromatic nitrogens is 5. The van der Waals surface area contributed by atoms with Crippen molar-refractivity contribution in [1.82, 2.24) is 25.0 Å². The minimum atomic E-state index is -3.65. The molecule has 3 aliphatic rings. The molecule has 208 valence electrons. The van der Waals surface area contributed by atoms with Gasteiger partial charge in [0.05, 0.1) is 54.5 Å². The molecule has 39 heavy (non-hydrogen) atoms. The van der Waals surface area contributed by atoms with Crippen molar-refractivity contribution < 1.29 is 18.3 Å². The Morgan fingerprint density at radius 3 is 2.46 bits per heavy atom. The van der Waals surface area contributed by atoms with E-state index in [0.717, 1.165) is 56.1 Å². The molecular formula is C26H34N8O4S. The summed E-state index contributed by atoms with van der Waals surface area (Å²) in [7, 11) is -3.65. The van der Waals surface area contributed by atoms with E-state index < -0.39 is 16.6 Å². The minimum Gasteiger partial charge on any atom is -0.395 e. The maximum absolute atomic E-state index is 12.3. The zero-order chi connectivity index (χ0) is 27.0. The fourth-order valence-electron chi connectivity index (χ4n) is 5.37. The van der Waals surface area contributed by atoms with E-state index in [0.29, 0.717) is 41.7 Å². The summed E-state index contributed by atoms with van der Waals surface area (Å²) in [5.41, 5.74) is 4.82. The Bertz CT molecular complexity index is 1440. The van der Waals surface area contributed by atoms with Gasteiger partial charge in [-0.1, -0.05) is 5.21 Å². The first-order valence-electron chi connectivity index (χ1n) is 13.4. The van der Waals surface area contributed by atoms with Gasteiger partial charge in [-0.2, -0.15) is 0 Å². The predicted molar refractivity (Wildman–Crippen MR) is 148 cm³/mol. The highest BCUT2D eigenvalue weighted by atomic mass is 32.2. The number of aliphatic hydroxyl groups is 1. The molecular weight excluding hydrogens is 520 g/mol. The largest absolute Gasteiger partial charge is 0.395 e. The number of aliphatic hydroxyl groups excluding tert-OH is 1. The van der Waals surface area contributed by atoms with Crippen LogP contribution in [0.3, 0.4) is 0 Å². The SMILES string of the molecule is Cc1cc(-c2cn(-c3ccc(NS(=O)(=O)CCO)cc3N3CCC4(CC3)CC4)nn2)nc(N2CCOCC2)n1. The molecule has 1 saturated carbocycles. The van der Waals surface area contributed by atoms with E-state index in [1.807, 2.05) is 31.3 Å². The maximum Gasteiger partial charge on any atom is 0.234 e. The lowest BCUT2D eigenvalue weighted by atomic mass is 9.93. The third-order valence-electron chi connectivity index (χ3n) is 7.87. The van der Waals surface area contributed by atoms with Crippen LogP contribution in [0.5, 0.6) is 0 Å². The summed E-state index contributed by atoms with van der Waals surface area (Å²) in [6.07, 6.45) is 6.70. The Morgan fingerprint density at radius 2 is 1.74 bits per heavy atom. The second-order valence-corrected chi connectivity index (χ2v) is 12.5. The van der Waals surface area contributed by atoms with Crippen LogP contribution >= 0.6 is 0 Å². The van der Waals surface area contributed by atoms with Gasteiger partial charge in [0.25, 0.3) is 0 Å². The summed E-state index contributed by atoms with van der Waals surface area (Å²) in [6.45, 7) is 6.08. The summed E-state index contributed by atoms with van der Waals surface area (Å²) in [5, 5.41) is 18.0. The van der Waals surface area contributed by atoms with E-state index >= 15 is 0 Å². The van der Waals surface area contributed by atoms with Crippen molar-refractivity contribution in [1.29, 1.82) is 0 Å². The topological polar surface area (TPSA) is 139 Å². The van der Waals surface area contributed by atoms with Gasteiger partial charge in [-0.3, -0.25) is 4.72 Å². The summed E-state index contributed by atoms with van der Waals surface area (Å²) in [6, 6.07) is 7.32. The average molecular weight is 555 g/mol. The minimum absolute atomic E-state index is 0.354. The number of morpholine rings is 1. The summed E-state index contributed by atoms with van der Waals surface area (Å²) >= 11 is 0. The Kier molecular flexibility index (Phi) is 6.89. The molecule has 0 bridgehead atoms. The third kappa shape index (κ3) is 5.70. The highest BCUT2D eigenvalue weighted by Gasteiger charge is 2.44. The fourth-order valence-corrected chi connectivity index (χ4v) is 6.20. The predicted octanol–water partition coefficient (Wildman–Crippen LogP) is 1.98. The molecule has 2 aliphatic heterocycles. The molecule has 1 aromatic carbocycles. The molecule has 2 saturated heterocycles. The van der Waals surface area contributed by atoms with Crippen molar-refractivity contribution in [2.45, 2.75) is 32.6 Å². The van der Waals surface area contributed by atoms with Crippen LogP contribution < -0.4 is 14.5 Å². The highest BCUT2D eigenvalue weighted by Crippen LogP contribution is 2.54. The van der Waals surface area contributed by atoms with Gasteiger partial charge in [0.15, 0.2) is 0 Å². The molecule has 4 heterocycles. The van der Waals surface area contributed by atoms with Gasteiger partial charge >= 0.3 is 0 Å². The van der Waals surface area contributed by atoms with Gasteiger partial charge < -0.3 is 19.6 Å². The number of ether oxygens (including phenoxy) is 1. The first kappa shape index (κ1) is 26.0. The van der Waals surface area contributed by atoms with Crippen molar-refractivity contribution in [3.8, 4) is 17.1 Å². The number of sulfonamides is 1. The molecule has 13 heteroatoms. The van der Waals surface area contributed by atoms with Crippen molar-refractivity contribution >= 4 is 27.3 Å². The molecule has 0 radical (unpaired) electrons. The third-order valence-corrected chi connectivity index (χ3v) is 9.14. The molecule has 12 nitrogen and oxygen atoms in total. The molecule has 3 aromatic rings. The van der Waals surface area contributed by atoms with Gasteiger partial charge in [0.2, 0.25) is 16.0 Å². The van der Waals surface area contributed by atoms with E-state index in [9.17, 15) is 8.42 Å². The number of hydrogen-bond acceptors (Lipinski definition) is 10. The zero-order valence-corrected chi connectivity index (χ0v) is 22.9.